The number of rotatable bonds is 3. The second-order valence-electron chi connectivity index (χ2n) is 5.29. The van der Waals surface area contributed by atoms with Crippen LogP contribution in [0.3, 0.4) is 0 Å². The van der Waals surface area contributed by atoms with E-state index in [2.05, 4.69) is 48.6 Å². The van der Waals surface area contributed by atoms with Crippen LogP contribution in [0.5, 0.6) is 0 Å². The molecular weight excluding hydrogens is 261 g/mol. The van der Waals surface area contributed by atoms with Gasteiger partial charge in [0.15, 0.2) is 0 Å². The predicted octanol–water partition coefficient (Wildman–Crippen LogP) is 4.60. The molecular formula is C19H18FN. The first-order chi connectivity index (χ1) is 10.2. The van der Waals surface area contributed by atoms with Crippen LogP contribution in [0, 0.1) is 12.7 Å². The summed E-state index contributed by atoms with van der Waals surface area (Å²) in [5, 5.41) is 5.84. The van der Waals surface area contributed by atoms with E-state index in [1.165, 1.54) is 34.0 Å². The van der Waals surface area contributed by atoms with Crippen molar-refractivity contribution in [2.24, 2.45) is 0 Å². The van der Waals surface area contributed by atoms with Crippen LogP contribution in [0.4, 0.5) is 4.39 Å². The third kappa shape index (κ3) is 2.55. The Morgan fingerprint density at radius 1 is 0.857 bits per heavy atom. The summed E-state index contributed by atoms with van der Waals surface area (Å²) in [6, 6.07) is 19.5. The zero-order valence-corrected chi connectivity index (χ0v) is 12.2. The summed E-state index contributed by atoms with van der Waals surface area (Å²) in [6.45, 7) is 2.12. The van der Waals surface area contributed by atoms with Gasteiger partial charge in [0.2, 0.25) is 0 Å². The largest absolute Gasteiger partial charge is 0.309 e. The first-order valence-electron chi connectivity index (χ1n) is 7.11. The second-order valence-corrected chi connectivity index (χ2v) is 5.29. The standard InChI is InChI=1S/C19H18FN/c1-13-7-12-18(17-6-4-3-5-16(13)17)19(21-2)14-8-10-15(20)11-9-14/h3-12,19,21H,1-2H3. The molecule has 1 atom stereocenters. The number of nitrogens with one attached hydrogen (secondary N) is 1. The fraction of sp³-hybridized carbons (Fsp3) is 0.158. The Labute approximate surface area is 124 Å². The fourth-order valence-corrected chi connectivity index (χ4v) is 2.88. The van der Waals surface area contributed by atoms with Gasteiger partial charge in [-0.15, -0.1) is 0 Å². The molecule has 1 nitrogen and oxygen atoms in total. The van der Waals surface area contributed by atoms with Crippen molar-refractivity contribution in [2.75, 3.05) is 7.05 Å². The van der Waals surface area contributed by atoms with E-state index in [1.54, 1.807) is 0 Å². The van der Waals surface area contributed by atoms with Gasteiger partial charge in [0.25, 0.3) is 0 Å². The van der Waals surface area contributed by atoms with Gasteiger partial charge in [0.05, 0.1) is 6.04 Å². The van der Waals surface area contributed by atoms with E-state index < -0.39 is 0 Å². The highest BCUT2D eigenvalue weighted by atomic mass is 19.1. The highest BCUT2D eigenvalue weighted by molar-refractivity contribution is 5.89. The first-order valence-corrected chi connectivity index (χ1v) is 7.11. The van der Waals surface area contributed by atoms with Crippen LogP contribution in [0.1, 0.15) is 22.7 Å². The van der Waals surface area contributed by atoms with Gasteiger partial charge in [-0.25, -0.2) is 4.39 Å². The Kier molecular flexibility index (Phi) is 3.72. The number of hydrogen-bond acceptors (Lipinski definition) is 1. The van der Waals surface area contributed by atoms with Crippen LogP contribution in [0.2, 0.25) is 0 Å². The lowest BCUT2D eigenvalue weighted by molar-refractivity contribution is 0.623. The molecule has 0 saturated carbocycles. The topological polar surface area (TPSA) is 12.0 Å². The predicted molar refractivity (Wildman–Crippen MR) is 86.0 cm³/mol. The van der Waals surface area contributed by atoms with Crippen LogP contribution in [0.15, 0.2) is 60.7 Å². The average Bonchev–Trinajstić information content (AvgIpc) is 2.52. The molecule has 0 aliphatic carbocycles. The van der Waals surface area contributed by atoms with Crippen molar-refractivity contribution in [1.82, 2.24) is 5.32 Å². The molecule has 3 rings (SSSR count). The third-order valence-electron chi connectivity index (χ3n) is 3.98. The van der Waals surface area contributed by atoms with Gasteiger partial charge in [-0.1, -0.05) is 48.5 Å². The SMILES string of the molecule is CNC(c1ccc(F)cc1)c1ccc(C)c2ccccc12. The molecule has 0 saturated heterocycles. The molecule has 3 aromatic rings. The van der Waals surface area contributed by atoms with Crippen molar-refractivity contribution in [3.63, 3.8) is 0 Å². The minimum absolute atomic E-state index is 0.0519. The summed E-state index contributed by atoms with van der Waals surface area (Å²) in [6.07, 6.45) is 0. The molecule has 0 radical (unpaired) electrons. The molecule has 21 heavy (non-hydrogen) atoms. The van der Waals surface area contributed by atoms with Crippen LogP contribution in [0.25, 0.3) is 10.8 Å². The van der Waals surface area contributed by atoms with Gasteiger partial charge in [-0.3, -0.25) is 0 Å². The molecule has 0 heterocycles. The Morgan fingerprint density at radius 2 is 1.52 bits per heavy atom. The van der Waals surface area contributed by atoms with E-state index in [0.717, 1.165) is 5.56 Å². The zero-order valence-electron chi connectivity index (χ0n) is 12.2. The van der Waals surface area contributed by atoms with Gasteiger partial charge < -0.3 is 5.32 Å². The molecule has 0 fully saturated rings. The van der Waals surface area contributed by atoms with Gasteiger partial charge in [-0.05, 0) is 53.6 Å². The Morgan fingerprint density at radius 3 is 2.19 bits per heavy atom. The molecule has 0 amide bonds. The van der Waals surface area contributed by atoms with Gasteiger partial charge in [0.1, 0.15) is 5.82 Å². The summed E-state index contributed by atoms with van der Waals surface area (Å²) in [5.41, 5.74) is 3.54. The fourth-order valence-electron chi connectivity index (χ4n) is 2.88. The molecule has 2 heteroatoms. The van der Waals surface area contributed by atoms with E-state index in [4.69, 9.17) is 0 Å². The number of benzene rings is 3. The van der Waals surface area contributed by atoms with Crippen molar-refractivity contribution in [1.29, 1.82) is 0 Å². The molecule has 3 aromatic carbocycles. The smallest absolute Gasteiger partial charge is 0.123 e. The maximum atomic E-state index is 13.1. The summed E-state index contributed by atoms with van der Waals surface area (Å²) in [4.78, 5) is 0. The molecule has 0 aliphatic heterocycles. The molecule has 0 aromatic heterocycles. The lowest BCUT2D eigenvalue weighted by atomic mass is 9.92. The highest BCUT2D eigenvalue weighted by Crippen LogP contribution is 2.30. The maximum Gasteiger partial charge on any atom is 0.123 e. The lowest BCUT2D eigenvalue weighted by Gasteiger charge is -2.20. The van der Waals surface area contributed by atoms with Gasteiger partial charge in [-0.2, -0.15) is 0 Å². The molecule has 0 spiro atoms. The van der Waals surface area contributed by atoms with Crippen molar-refractivity contribution < 1.29 is 4.39 Å². The van der Waals surface area contributed by atoms with Gasteiger partial charge >= 0.3 is 0 Å². The summed E-state index contributed by atoms with van der Waals surface area (Å²) >= 11 is 0. The lowest BCUT2D eigenvalue weighted by Crippen LogP contribution is -2.18. The maximum absolute atomic E-state index is 13.1. The van der Waals surface area contributed by atoms with E-state index in [-0.39, 0.29) is 11.9 Å². The summed E-state index contributed by atoms with van der Waals surface area (Å²) < 4.78 is 13.1. The van der Waals surface area contributed by atoms with Crippen molar-refractivity contribution in [2.45, 2.75) is 13.0 Å². The van der Waals surface area contributed by atoms with E-state index in [0.29, 0.717) is 0 Å². The van der Waals surface area contributed by atoms with E-state index in [9.17, 15) is 4.39 Å². The van der Waals surface area contributed by atoms with Crippen molar-refractivity contribution in [3.05, 3.63) is 83.2 Å². The summed E-state index contributed by atoms with van der Waals surface area (Å²) in [5.74, 6) is -0.206. The van der Waals surface area contributed by atoms with Crippen molar-refractivity contribution >= 4 is 10.8 Å². The quantitative estimate of drug-likeness (QED) is 0.739. The Balaban J connectivity index is 2.17. The number of hydrogen-bond donors (Lipinski definition) is 1. The Hall–Kier alpha value is -2.19. The number of fused-ring (bicyclic) bond motifs is 1. The number of aryl methyl sites for hydroxylation is 1. The monoisotopic (exact) mass is 279 g/mol. The number of halogens is 1. The third-order valence-corrected chi connectivity index (χ3v) is 3.98. The first kappa shape index (κ1) is 13.8. The molecule has 1 unspecified atom stereocenters. The second kappa shape index (κ2) is 5.66. The minimum atomic E-state index is -0.206. The van der Waals surface area contributed by atoms with Crippen molar-refractivity contribution in [3.8, 4) is 0 Å². The zero-order chi connectivity index (χ0) is 14.8. The minimum Gasteiger partial charge on any atom is -0.309 e. The normalized spacial score (nSPS) is 12.5. The van der Waals surface area contributed by atoms with Gasteiger partial charge in [0, 0.05) is 0 Å². The molecule has 0 bridgehead atoms. The van der Waals surface area contributed by atoms with Crippen LogP contribution < -0.4 is 5.32 Å². The molecule has 1 N–H and O–H groups in total. The molecule has 0 aliphatic rings. The van der Waals surface area contributed by atoms with Crippen LogP contribution >= 0.6 is 0 Å². The highest BCUT2D eigenvalue weighted by Gasteiger charge is 2.15. The Bertz CT molecular complexity index is 762. The summed E-state index contributed by atoms with van der Waals surface area (Å²) in [7, 11) is 1.93. The van der Waals surface area contributed by atoms with Crippen LogP contribution in [-0.2, 0) is 0 Å². The van der Waals surface area contributed by atoms with E-state index in [1.807, 2.05) is 19.2 Å². The van der Waals surface area contributed by atoms with Crippen LogP contribution in [-0.4, -0.2) is 7.05 Å². The average molecular weight is 279 g/mol. The van der Waals surface area contributed by atoms with E-state index >= 15 is 0 Å². The molecule has 106 valence electrons.